The maximum absolute atomic E-state index is 13.4. The van der Waals surface area contributed by atoms with Gasteiger partial charge in [0.15, 0.2) is 0 Å². The zero-order valence-electron chi connectivity index (χ0n) is 11.8. The standard InChI is InChI=1S/C14H17F2NO3S/c1-9(2)6-17(7-14(19)20)13(18)8-21-12-4-3-10(15)5-11(12)16/h3-5,9H,6-8H2,1-2H3,(H,19,20). The topological polar surface area (TPSA) is 57.6 Å². The second-order valence-corrected chi connectivity index (χ2v) is 5.94. The van der Waals surface area contributed by atoms with Crippen LogP contribution < -0.4 is 0 Å². The Hall–Kier alpha value is -1.63. The minimum absolute atomic E-state index is 0.0947. The Kier molecular flexibility index (Phi) is 6.61. The first kappa shape index (κ1) is 17.4. The quantitative estimate of drug-likeness (QED) is 0.786. The van der Waals surface area contributed by atoms with Gasteiger partial charge in [-0.05, 0) is 18.1 Å². The Labute approximate surface area is 126 Å². The Balaban J connectivity index is 2.66. The summed E-state index contributed by atoms with van der Waals surface area (Å²) in [5.74, 6) is -2.87. The third kappa shape index (κ3) is 6.12. The fourth-order valence-corrected chi connectivity index (χ4v) is 2.50. The van der Waals surface area contributed by atoms with Crippen molar-refractivity contribution in [3.05, 3.63) is 29.8 Å². The van der Waals surface area contributed by atoms with Crippen molar-refractivity contribution >= 4 is 23.6 Å². The lowest BCUT2D eigenvalue weighted by Crippen LogP contribution is -2.39. The summed E-state index contributed by atoms with van der Waals surface area (Å²) in [5, 5.41) is 8.80. The summed E-state index contributed by atoms with van der Waals surface area (Å²) in [6, 6.07) is 3.11. The number of carbonyl (C=O) groups is 2. The summed E-state index contributed by atoms with van der Waals surface area (Å²) in [5.41, 5.74) is 0. The van der Waals surface area contributed by atoms with Crippen LogP contribution in [0.5, 0.6) is 0 Å². The SMILES string of the molecule is CC(C)CN(CC(=O)O)C(=O)CSc1ccc(F)cc1F. The highest BCUT2D eigenvalue weighted by Crippen LogP contribution is 2.22. The third-order valence-electron chi connectivity index (χ3n) is 2.51. The van der Waals surface area contributed by atoms with E-state index in [0.717, 1.165) is 23.9 Å². The van der Waals surface area contributed by atoms with Gasteiger partial charge < -0.3 is 10.0 Å². The van der Waals surface area contributed by atoms with E-state index < -0.39 is 17.6 Å². The van der Waals surface area contributed by atoms with Gasteiger partial charge >= 0.3 is 5.97 Å². The number of halogens is 2. The van der Waals surface area contributed by atoms with Crippen LogP contribution in [0.15, 0.2) is 23.1 Å². The predicted molar refractivity (Wildman–Crippen MR) is 76.1 cm³/mol. The molecule has 1 N–H and O–H groups in total. The van der Waals surface area contributed by atoms with Crippen molar-refractivity contribution in [2.24, 2.45) is 5.92 Å². The molecule has 1 aromatic rings. The van der Waals surface area contributed by atoms with Crippen molar-refractivity contribution in [2.75, 3.05) is 18.8 Å². The minimum Gasteiger partial charge on any atom is -0.480 e. The summed E-state index contributed by atoms with van der Waals surface area (Å²) in [6.45, 7) is 3.67. The Morgan fingerprint density at radius 3 is 2.52 bits per heavy atom. The van der Waals surface area contributed by atoms with E-state index in [-0.39, 0.29) is 29.0 Å². The van der Waals surface area contributed by atoms with Crippen molar-refractivity contribution in [1.29, 1.82) is 0 Å². The average Bonchev–Trinajstić information content (AvgIpc) is 2.35. The van der Waals surface area contributed by atoms with Crippen LogP contribution >= 0.6 is 11.8 Å². The maximum Gasteiger partial charge on any atom is 0.323 e. The van der Waals surface area contributed by atoms with E-state index in [1.807, 2.05) is 13.8 Å². The number of aliphatic carboxylic acids is 1. The van der Waals surface area contributed by atoms with Crippen LogP contribution in [0, 0.1) is 17.6 Å². The zero-order chi connectivity index (χ0) is 16.0. The van der Waals surface area contributed by atoms with Crippen LogP contribution in [0.1, 0.15) is 13.8 Å². The lowest BCUT2D eigenvalue weighted by Gasteiger charge is -2.22. The predicted octanol–water partition coefficient (Wildman–Crippen LogP) is 2.63. The summed E-state index contributed by atoms with van der Waals surface area (Å²) < 4.78 is 26.2. The number of hydrogen-bond donors (Lipinski definition) is 1. The molecule has 0 bridgehead atoms. The molecule has 0 aliphatic rings. The first-order valence-electron chi connectivity index (χ1n) is 6.37. The van der Waals surface area contributed by atoms with E-state index in [1.54, 1.807) is 0 Å². The monoisotopic (exact) mass is 317 g/mol. The molecule has 1 rings (SSSR count). The van der Waals surface area contributed by atoms with Gasteiger partial charge in [-0.3, -0.25) is 9.59 Å². The Bertz CT molecular complexity index is 523. The van der Waals surface area contributed by atoms with E-state index >= 15 is 0 Å². The van der Waals surface area contributed by atoms with E-state index in [4.69, 9.17) is 5.11 Å². The van der Waals surface area contributed by atoms with Gasteiger partial charge in [-0.15, -0.1) is 11.8 Å². The molecule has 0 spiro atoms. The van der Waals surface area contributed by atoms with E-state index in [1.165, 1.54) is 11.0 Å². The zero-order valence-corrected chi connectivity index (χ0v) is 12.6. The number of carboxylic acid groups (broad SMARTS) is 1. The van der Waals surface area contributed by atoms with E-state index in [2.05, 4.69) is 0 Å². The molecule has 0 fully saturated rings. The van der Waals surface area contributed by atoms with Crippen molar-refractivity contribution in [1.82, 2.24) is 4.90 Å². The van der Waals surface area contributed by atoms with Crippen LogP contribution in [0.2, 0.25) is 0 Å². The van der Waals surface area contributed by atoms with Crippen LogP contribution in [0.3, 0.4) is 0 Å². The molecule has 21 heavy (non-hydrogen) atoms. The number of nitrogens with zero attached hydrogens (tertiary/aromatic N) is 1. The van der Waals surface area contributed by atoms with Crippen LogP contribution in [-0.2, 0) is 9.59 Å². The van der Waals surface area contributed by atoms with Crippen molar-refractivity contribution in [3.8, 4) is 0 Å². The summed E-state index contributed by atoms with van der Waals surface area (Å²) in [6.07, 6.45) is 0. The minimum atomic E-state index is -1.10. The highest BCUT2D eigenvalue weighted by atomic mass is 32.2. The van der Waals surface area contributed by atoms with Gasteiger partial charge in [0.1, 0.15) is 18.2 Å². The van der Waals surface area contributed by atoms with Crippen molar-refractivity contribution < 1.29 is 23.5 Å². The van der Waals surface area contributed by atoms with Crippen molar-refractivity contribution in [3.63, 3.8) is 0 Å². The molecule has 7 heteroatoms. The Morgan fingerprint density at radius 2 is 2.00 bits per heavy atom. The van der Waals surface area contributed by atoms with Gasteiger partial charge in [0, 0.05) is 17.5 Å². The van der Waals surface area contributed by atoms with E-state index in [0.29, 0.717) is 6.54 Å². The fraction of sp³-hybridized carbons (Fsp3) is 0.429. The van der Waals surface area contributed by atoms with Crippen LogP contribution in [-0.4, -0.2) is 40.7 Å². The molecule has 116 valence electrons. The van der Waals surface area contributed by atoms with Gasteiger partial charge in [-0.1, -0.05) is 13.8 Å². The summed E-state index contributed by atoms with van der Waals surface area (Å²) >= 11 is 0.921. The molecule has 0 heterocycles. The van der Waals surface area contributed by atoms with Gasteiger partial charge in [0.25, 0.3) is 0 Å². The molecule has 4 nitrogen and oxygen atoms in total. The molecule has 0 radical (unpaired) electrons. The second kappa shape index (κ2) is 7.97. The first-order chi connectivity index (χ1) is 9.79. The number of hydrogen-bond acceptors (Lipinski definition) is 3. The van der Waals surface area contributed by atoms with Crippen molar-refractivity contribution in [2.45, 2.75) is 18.7 Å². The Morgan fingerprint density at radius 1 is 1.33 bits per heavy atom. The van der Waals surface area contributed by atoms with Gasteiger partial charge in [0.2, 0.25) is 5.91 Å². The maximum atomic E-state index is 13.4. The number of carboxylic acids is 1. The number of carbonyl (C=O) groups excluding carboxylic acids is 1. The van der Waals surface area contributed by atoms with Gasteiger partial charge in [0.05, 0.1) is 5.75 Å². The number of benzene rings is 1. The van der Waals surface area contributed by atoms with Crippen LogP contribution in [0.4, 0.5) is 8.78 Å². The normalized spacial score (nSPS) is 10.7. The average molecular weight is 317 g/mol. The third-order valence-corrected chi connectivity index (χ3v) is 3.54. The first-order valence-corrected chi connectivity index (χ1v) is 7.35. The molecule has 0 aliphatic carbocycles. The molecular weight excluding hydrogens is 300 g/mol. The number of amides is 1. The molecule has 0 saturated carbocycles. The highest BCUT2D eigenvalue weighted by molar-refractivity contribution is 8.00. The molecule has 0 saturated heterocycles. The lowest BCUT2D eigenvalue weighted by atomic mass is 10.2. The molecule has 0 atom stereocenters. The molecule has 0 aliphatic heterocycles. The molecule has 1 amide bonds. The molecule has 1 aromatic carbocycles. The number of rotatable bonds is 7. The molecule has 0 aromatic heterocycles. The largest absolute Gasteiger partial charge is 0.480 e. The van der Waals surface area contributed by atoms with Gasteiger partial charge in [-0.25, -0.2) is 8.78 Å². The smallest absolute Gasteiger partial charge is 0.323 e. The van der Waals surface area contributed by atoms with Crippen LogP contribution in [0.25, 0.3) is 0 Å². The summed E-state index contributed by atoms with van der Waals surface area (Å²) in [7, 11) is 0. The second-order valence-electron chi connectivity index (χ2n) is 4.93. The molecule has 0 unspecified atom stereocenters. The highest BCUT2D eigenvalue weighted by Gasteiger charge is 2.18. The lowest BCUT2D eigenvalue weighted by molar-refractivity contribution is -0.143. The van der Waals surface area contributed by atoms with E-state index in [9.17, 15) is 18.4 Å². The fourth-order valence-electron chi connectivity index (χ4n) is 1.68. The summed E-state index contributed by atoms with van der Waals surface area (Å²) in [4.78, 5) is 24.2. The molecular formula is C14H17F2NO3S. The van der Waals surface area contributed by atoms with Gasteiger partial charge in [-0.2, -0.15) is 0 Å². The number of thioether (sulfide) groups is 1.